The summed E-state index contributed by atoms with van der Waals surface area (Å²) in [7, 11) is -0.642. The lowest BCUT2D eigenvalue weighted by Gasteiger charge is -2.25. The molecule has 1 aliphatic heterocycles. The molecule has 4 nitrogen and oxygen atoms in total. The Balaban J connectivity index is 1.61. The lowest BCUT2D eigenvalue weighted by atomic mass is 10.2. The molecule has 0 unspecified atom stereocenters. The van der Waals surface area contributed by atoms with E-state index in [1.807, 2.05) is 0 Å². The second-order valence-corrected chi connectivity index (χ2v) is 6.92. The second-order valence-electron chi connectivity index (χ2n) is 5.22. The van der Waals surface area contributed by atoms with E-state index in [9.17, 15) is 13.4 Å². The first-order valence-corrected chi connectivity index (χ1v) is 8.91. The van der Waals surface area contributed by atoms with E-state index < -0.39 is 10.8 Å². The highest BCUT2D eigenvalue weighted by molar-refractivity contribution is 7.85. The van der Waals surface area contributed by atoms with Crippen LogP contribution < -0.4 is 5.32 Å². The number of benzene rings is 1. The summed E-state index contributed by atoms with van der Waals surface area (Å²) in [6.07, 6.45) is 3.99. The molecule has 1 N–H and O–H groups in total. The van der Waals surface area contributed by atoms with Crippen molar-refractivity contribution in [3.63, 3.8) is 0 Å². The molecule has 0 saturated carbocycles. The normalized spacial score (nSPS) is 17.0. The number of amides is 1. The van der Waals surface area contributed by atoms with Crippen molar-refractivity contribution in [1.82, 2.24) is 10.2 Å². The molecule has 1 heterocycles. The maximum Gasteiger partial charge on any atom is 0.243 e. The van der Waals surface area contributed by atoms with Crippen molar-refractivity contribution in [3.8, 4) is 0 Å². The SMILES string of the molecule is O=C(/C=C/c1ccc(F)cc1)NCCCN1CCS(=O)CC1. The Morgan fingerprint density at radius 3 is 2.64 bits per heavy atom. The fraction of sp³-hybridized carbons (Fsp3) is 0.438. The van der Waals surface area contributed by atoms with Gasteiger partial charge in [0.15, 0.2) is 0 Å². The number of carbonyl (C=O) groups excluding carboxylic acids is 1. The van der Waals surface area contributed by atoms with E-state index in [-0.39, 0.29) is 11.7 Å². The van der Waals surface area contributed by atoms with Gasteiger partial charge in [0.1, 0.15) is 5.82 Å². The quantitative estimate of drug-likeness (QED) is 0.636. The Labute approximate surface area is 132 Å². The van der Waals surface area contributed by atoms with E-state index in [1.165, 1.54) is 18.2 Å². The zero-order valence-electron chi connectivity index (χ0n) is 12.5. The van der Waals surface area contributed by atoms with Gasteiger partial charge < -0.3 is 10.2 Å². The van der Waals surface area contributed by atoms with Gasteiger partial charge in [-0.1, -0.05) is 12.1 Å². The maximum absolute atomic E-state index is 12.7. The van der Waals surface area contributed by atoms with Crippen LogP contribution in [0.1, 0.15) is 12.0 Å². The van der Waals surface area contributed by atoms with E-state index >= 15 is 0 Å². The summed E-state index contributed by atoms with van der Waals surface area (Å²) in [6.45, 7) is 3.29. The van der Waals surface area contributed by atoms with Crippen molar-refractivity contribution in [1.29, 1.82) is 0 Å². The lowest BCUT2D eigenvalue weighted by Crippen LogP contribution is -2.39. The summed E-state index contributed by atoms with van der Waals surface area (Å²) in [5.74, 6) is 1.08. The third kappa shape index (κ3) is 6.07. The Morgan fingerprint density at radius 1 is 1.27 bits per heavy atom. The van der Waals surface area contributed by atoms with Crippen LogP contribution >= 0.6 is 0 Å². The number of carbonyl (C=O) groups is 1. The van der Waals surface area contributed by atoms with Crippen molar-refractivity contribution < 1.29 is 13.4 Å². The number of halogens is 1. The van der Waals surface area contributed by atoms with Crippen LogP contribution in [0.15, 0.2) is 30.3 Å². The molecule has 0 aromatic heterocycles. The van der Waals surface area contributed by atoms with Crippen molar-refractivity contribution in [3.05, 3.63) is 41.7 Å². The van der Waals surface area contributed by atoms with Gasteiger partial charge in [-0.2, -0.15) is 0 Å². The van der Waals surface area contributed by atoms with Crippen LogP contribution in [0.25, 0.3) is 6.08 Å². The monoisotopic (exact) mass is 324 g/mol. The van der Waals surface area contributed by atoms with Gasteiger partial charge >= 0.3 is 0 Å². The highest BCUT2D eigenvalue weighted by Gasteiger charge is 2.13. The summed E-state index contributed by atoms with van der Waals surface area (Å²) in [6, 6.07) is 5.98. The van der Waals surface area contributed by atoms with Gasteiger partial charge in [-0.25, -0.2) is 4.39 Å². The second kappa shape index (κ2) is 8.80. The van der Waals surface area contributed by atoms with Crippen LogP contribution in [0.3, 0.4) is 0 Å². The number of nitrogens with one attached hydrogen (secondary N) is 1. The summed E-state index contributed by atoms with van der Waals surface area (Å²) in [5.41, 5.74) is 0.790. The zero-order chi connectivity index (χ0) is 15.8. The molecule has 22 heavy (non-hydrogen) atoms. The summed E-state index contributed by atoms with van der Waals surface area (Å²) in [5, 5.41) is 2.83. The molecule has 0 spiro atoms. The largest absolute Gasteiger partial charge is 0.353 e. The fourth-order valence-corrected chi connectivity index (χ4v) is 3.35. The minimum absolute atomic E-state index is 0.149. The first kappa shape index (κ1) is 16.8. The molecule has 1 saturated heterocycles. The fourth-order valence-electron chi connectivity index (χ4n) is 2.22. The maximum atomic E-state index is 12.7. The Bertz CT molecular complexity index is 536. The number of nitrogens with zero attached hydrogens (tertiary/aromatic N) is 1. The molecular weight excluding hydrogens is 303 g/mol. The minimum atomic E-state index is -0.642. The average Bonchev–Trinajstić information content (AvgIpc) is 2.53. The van der Waals surface area contributed by atoms with Gasteiger partial charge in [-0.3, -0.25) is 9.00 Å². The van der Waals surface area contributed by atoms with Gasteiger partial charge in [-0.15, -0.1) is 0 Å². The van der Waals surface area contributed by atoms with E-state index in [2.05, 4.69) is 10.2 Å². The van der Waals surface area contributed by atoms with Gasteiger partial charge in [0.2, 0.25) is 5.91 Å². The zero-order valence-corrected chi connectivity index (χ0v) is 13.3. The molecule has 1 aliphatic rings. The molecule has 0 atom stereocenters. The summed E-state index contributed by atoms with van der Waals surface area (Å²) >= 11 is 0. The van der Waals surface area contributed by atoms with Crippen LogP contribution in [0.5, 0.6) is 0 Å². The van der Waals surface area contributed by atoms with E-state index in [4.69, 9.17) is 0 Å². The molecule has 1 aromatic carbocycles. The van der Waals surface area contributed by atoms with Crippen LogP contribution in [-0.2, 0) is 15.6 Å². The molecule has 6 heteroatoms. The smallest absolute Gasteiger partial charge is 0.243 e. The molecule has 1 fully saturated rings. The molecule has 1 amide bonds. The van der Waals surface area contributed by atoms with Crippen LogP contribution in [-0.4, -0.2) is 52.7 Å². The van der Waals surface area contributed by atoms with Gasteiger partial charge in [0.05, 0.1) is 0 Å². The van der Waals surface area contributed by atoms with Crippen LogP contribution in [0.2, 0.25) is 0 Å². The molecule has 0 bridgehead atoms. The Kier molecular flexibility index (Phi) is 6.74. The van der Waals surface area contributed by atoms with Crippen molar-refractivity contribution >= 4 is 22.8 Å². The van der Waals surface area contributed by atoms with Crippen LogP contribution in [0, 0.1) is 5.82 Å². The minimum Gasteiger partial charge on any atom is -0.353 e. The third-order valence-electron chi connectivity index (χ3n) is 3.52. The van der Waals surface area contributed by atoms with Crippen molar-refractivity contribution in [2.45, 2.75) is 6.42 Å². The van der Waals surface area contributed by atoms with E-state index in [0.717, 1.165) is 43.1 Å². The number of hydrogen-bond acceptors (Lipinski definition) is 3. The summed E-state index contributed by atoms with van der Waals surface area (Å²) in [4.78, 5) is 13.9. The molecule has 120 valence electrons. The van der Waals surface area contributed by atoms with Crippen LogP contribution in [0.4, 0.5) is 4.39 Å². The van der Waals surface area contributed by atoms with E-state index in [0.29, 0.717) is 6.54 Å². The van der Waals surface area contributed by atoms with Gasteiger partial charge in [0.25, 0.3) is 0 Å². The highest BCUT2D eigenvalue weighted by atomic mass is 32.2. The number of rotatable bonds is 6. The predicted molar refractivity (Wildman–Crippen MR) is 87.4 cm³/mol. The Morgan fingerprint density at radius 2 is 1.95 bits per heavy atom. The molecule has 2 rings (SSSR count). The topological polar surface area (TPSA) is 49.4 Å². The average molecular weight is 324 g/mol. The third-order valence-corrected chi connectivity index (χ3v) is 4.79. The Hall–Kier alpha value is -1.53. The van der Waals surface area contributed by atoms with Crippen molar-refractivity contribution in [2.75, 3.05) is 37.7 Å². The molecular formula is C16H21FN2O2S. The molecule has 0 aliphatic carbocycles. The highest BCUT2D eigenvalue weighted by Crippen LogP contribution is 2.04. The van der Waals surface area contributed by atoms with Crippen molar-refractivity contribution in [2.24, 2.45) is 0 Å². The first-order chi connectivity index (χ1) is 10.6. The first-order valence-electron chi connectivity index (χ1n) is 7.42. The van der Waals surface area contributed by atoms with E-state index in [1.54, 1.807) is 18.2 Å². The lowest BCUT2D eigenvalue weighted by molar-refractivity contribution is -0.116. The molecule has 0 radical (unpaired) electrons. The predicted octanol–water partition coefficient (Wildman–Crippen LogP) is 1.41. The number of hydrogen-bond donors (Lipinski definition) is 1. The summed E-state index contributed by atoms with van der Waals surface area (Å²) < 4.78 is 24.0. The van der Waals surface area contributed by atoms with Gasteiger partial charge in [0, 0.05) is 48.0 Å². The standard InChI is InChI=1S/C16H21FN2O2S/c17-15-5-2-14(3-6-15)4-7-16(20)18-8-1-9-19-10-12-22(21)13-11-19/h2-7H,1,8-13H2,(H,18,20)/b7-4+. The molecule has 1 aromatic rings. The van der Waals surface area contributed by atoms with Gasteiger partial charge in [-0.05, 0) is 36.7 Å².